The Hall–Kier alpha value is -0.840. The largest absolute Gasteiger partial charge is 0.350 e. The number of sulfone groups is 1. The van der Waals surface area contributed by atoms with Gasteiger partial charge in [-0.05, 0) is 34.6 Å². The first kappa shape index (κ1) is 15.2. The molecule has 0 aliphatic rings. The third-order valence-electron chi connectivity index (χ3n) is 1.97. The summed E-state index contributed by atoms with van der Waals surface area (Å²) < 4.78 is 23.4. The topological polar surface area (TPSA) is 63.2 Å². The summed E-state index contributed by atoms with van der Waals surface area (Å²) in [5, 5.41) is 1.65. The molecule has 0 rings (SSSR count). The number of hydrogen-bond acceptors (Lipinski definition) is 3. The van der Waals surface area contributed by atoms with Crippen LogP contribution in [0.2, 0.25) is 0 Å². The fraction of sp³-hybridized carbons (Fsp3) is 0.727. The number of carbonyl (C=O) groups is 1. The molecule has 0 radical (unpaired) electrons. The van der Waals surface area contributed by atoms with E-state index in [4.69, 9.17) is 0 Å². The summed E-state index contributed by atoms with van der Waals surface area (Å²) in [5.41, 5.74) is -0.415. The van der Waals surface area contributed by atoms with E-state index in [9.17, 15) is 13.2 Å². The molecule has 16 heavy (non-hydrogen) atoms. The van der Waals surface area contributed by atoms with Crippen molar-refractivity contribution in [2.24, 2.45) is 0 Å². The highest BCUT2D eigenvalue weighted by molar-refractivity contribution is 7.92. The van der Waals surface area contributed by atoms with Gasteiger partial charge in [0.15, 0.2) is 9.84 Å². The Morgan fingerprint density at radius 2 is 1.88 bits per heavy atom. The van der Waals surface area contributed by atoms with Crippen LogP contribution in [0.25, 0.3) is 0 Å². The number of hydrogen-bond donors (Lipinski definition) is 1. The van der Waals surface area contributed by atoms with E-state index >= 15 is 0 Å². The van der Waals surface area contributed by atoms with E-state index < -0.39 is 26.5 Å². The molecule has 0 aromatic rings. The third-order valence-corrected chi connectivity index (χ3v) is 3.92. The second-order valence-electron chi connectivity index (χ2n) is 4.78. The lowest BCUT2D eigenvalue weighted by atomic mass is 10.1. The van der Waals surface area contributed by atoms with E-state index in [1.165, 1.54) is 13.0 Å². The van der Waals surface area contributed by atoms with E-state index in [1.807, 2.05) is 20.8 Å². The third kappa shape index (κ3) is 5.30. The van der Waals surface area contributed by atoms with Gasteiger partial charge in [0, 0.05) is 5.54 Å². The minimum Gasteiger partial charge on any atom is -0.350 e. The first-order chi connectivity index (χ1) is 7.10. The summed E-state index contributed by atoms with van der Waals surface area (Å²) >= 11 is 0. The van der Waals surface area contributed by atoms with Crippen molar-refractivity contribution in [3.05, 3.63) is 12.2 Å². The number of rotatable bonds is 4. The van der Waals surface area contributed by atoms with Gasteiger partial charge >= 0.3 is 0 Å². The summed E-state index contributed by atoms with van der Waals surface area (Å²) in [6, 6.07) is 0. The van der Waals surface area contributed by atoms with Crippen molar-refractivity contribution in [1.82, 2.24) is 5.32 Å². The Kier molecular flexibility index (Phi) is 5.19. The zero-order valence-corrected chi connectivity index (χ0v) is 11.4. The SMILES string of the molecule is CC=CCS(=O)(=O)C(C)C(=O)NC(C)(C)C. The predicted octanol–water partition coefficient (Wildman–Crippen LogP) is 1.28. The van der Waals surface area contributed by atoms with Gasteiger partial charge in [-0.3, -0.25) is 4.79 Å². The second kappa shape index (κ2) is 5.48. The Labute approximate surface area is 98.0 Å². The van der Waals surface area contributed by atoms with E-state index in [0.29, 0.717) is 0 Å². The summed E-state index contributed by atoms with van der Waals surface area (Å²) in [6.07, 6.45) is 3.20. The van der Waals surface area contributed by atoms with E-state index in [2.05, 4.69) is 5.32 Å². The molecule has 0 aliphatic heterocycles. The lowest BCUT2D eigenvalue weighted by Crippen LogP contribution is -2.47. The van der Waals surface area contributed by atoms with E-state index in [0.717, 1.165) is 0 Å². The molecule has 0 fully saturated rings. The van der Waals surface area contributed by atoms with Gasteiger partial charge < -0.3 is 5.32 Å². The molecular formula is C11H21NO3S. The maximum Gasteiger partial charge on any atom is 0.238 e. The quantitative estimate of drug-likeness (QED) is 0.761. The van der Waals surface area contributed by atoms with Crippen molar-refractivity contribution in [2.45, 2.75) is 45.4 Å². The van der Waals surface area contributed by atoms with Gasteiger partial charge in [-0.25, -0.2) is 8.42 Å². The molecule has 0 bridgehead atoms. The van der Waals surface area contributed by atoms with Gasteiger partial charge in [-0.2, -0.15) is 0 Å². The summed E-state index contributed by atoms with van der Waals surface area (Å²) in [7, 11) is -3.39. The maximum absolute atomic E-state index is 11.7. The van der Waals surface area contributed by atoms with Gasteiger partial charge in [0.05, 0.1) is 5.75 Å². The van der Waals surface area contributed by atoms with Crippen LogP contribution in [0.3, 0.4) is 0 Å². The fourth-order valence-corrected chi connectivity index (χ4v) is 2.14. The average molecular weight is 247 g/mol. The summed E-state index contributed by atoms with van der Waals surface area (Å²) in [4.78, 5) is 11.7. The molecule has 0 heterocycles. The normalized spacial score (nSPS) is 15.1. The highest BCUT2D eigenvalue weighted by atomic mass is 32.2. The Morgan fingerprint density at radius 1 is 1.38 bits per heavy atom. The maximum atomic E-state index is 11.7. The standard InChI is InChI=1S/C11H21NO3S/c1-6-7-8-16(14,15)9(2)10(13)12-11(3,4)5/h6-7,9H,8H2,1-5H3,(H,12,13). The molecule has 0 saturated heterocycles. The molecule has 1 N–H and O–H groups in total. The van der Waals surface area contributed by atoms with Crippen molar-refractivity contribution in [1.29, 1.82) is 0 Å². The van der Waals surface area contributed by atoms with Crippen molar-refractivity contribution >= 4 is 15.7 Å². The Balaban J connectivity index is 4.67. The molecule has 1 unspecified atom stereocenters. The van der Waals surface area contributed by atoms with Crippen molar-refractivity contribution in [3.63, 3.8) is 0 Å². The van der Waals surface area contributed by atoms with Crippen molar-refractivity contribution in [3.8, 4) is 0 Å². The van der Waals surface area contributed by atoms with Crippen LogP contribution in [-0.4, -0.2) is 30.9 Å². The van der Waals surface area contributed by atoms with Crippen LogP contribution >= 0.6 is 0 Å². The van der Waals surface area contributed by atoms with Crippen LogP contribution in [0, 0.1) is 0 Å². The smallest absolute Gasteiger partial charge is 0.238 e. The zero-order valence-electron chi connectivity index (χ0n) is 10.6. The van der Waals surface area contributed by atoms with Gasteiger partial charge in [0.1, 0.15) is 5.25 Å². The van der Waals surface area contributed by atoms with Gasteiger partial charge in [-0.1, -0.05) is 12.2 Å². The van der Waals surface area contributed by atoms with Crippen LogP contribution in [0.4, 0.5) is 0 Å². The molecule has 0 saturated carbocycles. The number of nitrogens with one attached hydrogen (secondary N) is 1. The monoisotopic (exact) mass is 247 g/mol. The molecule has 0 aromatic carbocycles. The van der Waals surface area contributed by atoms with Gasteiger partial charge in [0.25, 0.3) is 0 Å². The number of amides is 1. The molecule has 0 aliphatic carbocycles. The zero-order chi connectivity index (χ0) is 13.0. The first-order valence-corrected chi connectivity index (χ1v) is 6.96. The number of allylic oxidation sites excluding steroid dienone is 1. The van der Waals surface area contributed by atoms with Crippen LogP contribution in [0.15, 0.2) is 12.2 Å². The minimum absolute atomic E-state index is 0.0950. The predicted molar refractivity (Wildman–Crippen MR) is 66.0 cm³/mol. The molecule has 1 atom stereocenters. The van der Waals surface area contributed by atoms with E-state index in [1.54, 1.807) is 13.0 Å². The molecule has 5 heteroatoms. The van der Waals surface area contributed by atoms with Crippen LogP contribution in [0.1, 0.15) is 34.6 Å². The Morgan fingerprint density at radius 3 is 2.25 bits per heavy atom. The van der Waals surface area contributed by atoms with Gasteiger partial charge in [0.2, 0.25) is 5.91 Å². The lowest BCUT2D eigenvalue weighted by Gasteiger charge is -2.23. The van der Waals surface area contributed by atoms with E-state index in [-0.39, 0.29) is 5.75 Å². The molecule has 94 valence electrons. The minimum atomic E-state index is -3.39. The van der Waals surface area contributed by atoms with Crippen LogP contribution < -0.4 is 5.32 Å². The molecule has 4 nitrogen and oxygen atoms in total. The van der Waals surface area contributed by atoms with Gasteiger partial charge in [-0.15, -0.1) is 0 Å². The lowest BCUT2D eigenvalue weighted by molar-refractivity contribution is -0.121. The van der Waals surface area contributed by atoms with Crippen LogP contribution in [0.5, 0.6) is 0 Å². The fourth-order valence-electron chi connectivity index (χ4n) is 1.01. The second-order valence-corrected chi connectivity index (χ2v) is 7.15. The molecule has 0 spiro atoms. The number of carbonyl (C=O) groups excluding carboxylic acids is 1. The highest BCUT2D eigenvalue weighted by Gasteiger charge is 2.28. The average Bonchev–Trinajstić information content (AvgIpc) is 2.10. The Bertz CT molecular complexity index is 363. The molecule has 0 aromatic heterocycles. The summed E-state index contributed by atoms with van der Waals surface area (Å²) in [5.74, 6) is -0.542. The van der Waals surface area contributed by atoms with Crippen molar-refractivity contribution < 1.29 is 13.2 Å². The van der Waals surface area contributed by atoms with Crippen molar-refractivity contribution in [2.75, 3.05) is 5.75 Å². The molecule has 1 amide bonds. The first-order valence-electron chi connectivity index (χ1n) is 5.25. The summed E-state index contributed by atoms with van der Waals surface area (Å²) in [6.45, 7) is 8.61. The molecular weight excluding hydrogens is 226 g/mol. The highest BCUT2D eigenvalue weighted by Crippen LogP contribution is 2.06. The van der Waals surface area contributed by atoms with Crippen LogP contribution in [-0.2, 0) is 14.6 Å².